The Balaban J connectivity index is 0.964. The van der Waals surface area contributed by atoms with E-state index in [1.165, 1.54) is 41.7 Å². The number of β-amino-alcohol motifs (C(OH)–C–C–N with tert-alkyl or cyclic N) is 1. The van der Waals surface area contributed by atoms with Gasteiger partial charge in [-0.2, -0.15) is 0 Å². The van der Waals surface area contributed by atoms with Crippen LogP contribution in [0.2, 0.25) is 0 Å². The number of amides is 4. The number of fused-ring (bicyclic) bond motifs is 1. The Morgan fingerprint density at radius 3 is 2.34 bits per heavy atom. The van der Waals surface area contributed by atoms with E-state index in [1.54, 1.807) is 34.7 Å². The molecular weight excluding hydrogens is 904 g/mol. The third-order valence-electron chi connectivity index (χ3n) is 11.3. The van der Waals surface area contributed by atoms with Crippen LogP contribution >= 0.6 is 11.3 Å². The fourth-order valence-electron chi connectivity index (χ4n) is 7.77. The number of carboxylic acids is 1. The number of hydrogen-bond acceptors (Lipinski definition) is 14. The zero-order valence-electron chi connectivity index (χ0n) is 38.6. The van der Waals surface area contributed by atoms with E-state index in [0.29, 0.717) is 42.4 Å². The number of thiazole rings is 1. The predicted octanol–water partition coefficient (Wildman–Crippen LogP) is 4.50. The van der Waals surface area contributed by atoms with Crippen molar-refractivity contribution < 1.29 is 62.3 Å². The smallest absolute Gasteiger partial charge is 0.335 e. The van der Waals surface area contributed by atoms with Crippen LogP contribution in [0.3, 0.4) is 0 Å². The van der Waals surface area contributed by atoms with Crippen LogP contribution in [0, 0.1) is 11.2 Å². The lowest BCUT2D eigenvalue weighted by atomic mass is 9.81. The van der Waals surface area contributed by atoms with E-state index in [1.807, 2.05) is 33.8 Å². The molecule has 6 N–H and O–H groups in total. The summed E-state index contributed by atoms with van der Waals surface area (Å²) in [6, 6.07) is 13.1. The van der Waals surface area contributed by atoms with Gasteiger partial charge in [0.05, 0.1) is 38.1 Å². The average molecular weight is 963 g/mol. The molecule has 6 rings (SSSR count). The summed E-state index contributed by atoms with van der Waals surface area (Å²) >= 11 is 1.32. The Hall–Kier alpha value is -6.03. The summed E-state index contributed by atoms with van der Waals surface area (Å²) in [6.07, 6.45) is 2.27. The first kappa shape index (κ1) is 51.4. The first-order valence-electron chi connectivity index (χ1n) is 22.3. The Morgan fingerprint density at radius 2 is 1.68 bits per heavy atom. The second-order valence-corrected chi connectivity index (χ2v) is 18.6. The first-order valence-corrected chi connectivity index (χ1v) is 23.2. The quantitative estimate of drug-likeness (QED) is 0.0562. The van der Waals surface area contributed by atoms with Gasteiger partial charge in [-0.25, -0.2) is 14.2 Å². The summed E-state index contributed by atoms with van der Waals surface area (Å²) in [4.78, 5) is 68.2. The Bertz CT molecular complexity index is 2380. The fraction of sp³-hybridized carbons (Fsp3) is 0.458. The number of aromatic carboxylic acids is 1. The van der Waals surface area contributed by atoms with Crippen molar-refractivity contribution in [3.05, 3.63) is 88.7 Å². The number of aliphatic hydroxyl groups is 1. The van der Waals surface area contributed by atoms with E-state index < -0.39 is 40.8 Å². The summed E-state index contributed by atoms with van der Waals surface area (Å²) in [7, 11) is 0. The van der Waals surface area contributed by atoms with Crippen LogP contribution in [0.15, 0.2) is 66.2 Å². The molecule has 366 valence electrons. The molecule has 0 unspecified atom stereocenters. The van der Waals surface area contributed by atoms with Gasteiger partial charge in [-0.1, -0.05) is 32.9 Å². The van der Waals surface area contributed by atoms with Gasteiger partial charge in [-0.05, 0) is 78.3 Å². The molecule has 68 heavy (non-hydrogen) atoms. The molecule has 0 aliphatic carbocycles. The van der Waals surface area contributed by atoms with Crippen LogP contribution in [-0.4, -0.2) is 134 Å². The van der Waals surface area contributed by atoms with Crippen molar-refractivity contribution in [2.24, 2.45) is 5.41 Å². The van der Waals surface area contributed by atoms with Gasteiger partial charge in [0.2, 0.25) is 23.6 Å². The lowest BCUT2D eigenvalue weighted by molar-refractivity contribution is -0.140. The van der Waals surface area contributed by atoms with Gasteiger partial charge in [0.25, 0.3) is 0 Å². The van der Waals surface area contributed by atoms with E-state index in [9.17, 15) is 34.2 Å². The maximum Gasteiger partial charge on any atom is 0.335 e. The van der Waals surface area contributed by atoms with E-state index in [0.717, 1.165) is 11.1 Å². The standard InChI is InChI=1S/C48H59FN6O12S/c1-47(2,3)43(44(60)55-16-12-33(56)27-55)53-42(59)29-65-19-18-64-28-41(58)50-14-17-63-20-21-66-38-23-32-11-13-52-48(4,26-40(57)54-46-51-15-22-68-46)36(32)25-39(38)67-34-9-10-35(37(49)24-34)30-5-7-31(8-6-30)45(61)62/h5-10,15,22-25,33,43,52,56H,11-14,16-21,26-29H2,1-4H3,(H,50,58)(H,53,59)(H,61,62)(H,51,54,57)/t33-,43-,48-/m1/s1. The molecule has 0 saturated carbocycles. The normalized spacial score (nSPS) is 17.2. The number of benzene rings is 3. The van der Waals surface area contributed by atoms with Gasteiger partial charge in [-0.15, -0.1) is 11.3 Å². The van der Waals surface area contributed by atoms with Gasteiger partial charge in [0.15, 0.2) is 16.6 Å². The van der Waals surface area contributed by atoms with Gasteiger partial charge in [-0.3, -0.25) is 19.2 Å². The van der Waals surface area contributed by atoms with Crippen LogP contribution in [0.5, 0.6) is 17.2 Å². The van der Waals surface area contributed by atoms with Crippen molar-refractivity contribution in [3.8, 4) is 28.4 Å². The summed E-state index contributed by atoms with van der Waals surface area (Å²) in [5, 5.41) is 33.1. The number of anilines is 1. The number of carbonyl (C=O) groups excluding carboxylic acids is 4. The Morgan fingerprint density at radius 1 is 0.941 bits per heavy atom. The first-order chi connectivity index (χ1) is 32.5. The van der Waals surface area contributed by atoms with Gasteiger partial charge >= 0.3 is 5.97 Å². The molecule has 2 aliphatic heterocycles. The molecule has 3 heterocycles. The minimum absolute atomic E-state index is 0.0458. The number of carbonyl (C=O) groups is 5. The Labute approximate surface area is 397 Å². The molecule has 3 atom stereocenters. The van der Waals surface area contributed by atoms with Crippen molar-refractivity contribution in [1.82, 2.24) is 25.8 Å². The molecule has 2 aliphatic rings. The highest BCUT2D eigenvalue weighted by atomic mass is 32.1. The number of rotatable bonds is 23. The molecule has 4 amide bonds. The van der Waals surface area contributed by atoms with Crippen molar-refractivity contribution >= 4 is 46.1 Å². The fourth-order valence-corrected chi connectivity index (χ4v) is 8.32. The van der Waals surface area contributed by atoms with Gasteiger partial charge < -0.3 is 60.1 Å². The molecule has 20 heteroatoms. The summed E-state index contributed by atoms with van der Waals surface area (Å²) < 4.78 is 44.5. The minimum atomic E-state index is -1.08. The molecule has 1 fully saturated rings. The zero-order valence-corrected chi connectivity index (χ0v) is 39.4. The number of nitrogens with zero attached hydrogens (tertiary/aromatic N) is 2. The van der Waals surface area contributed by atoms with Crippen molar-refractivity contribution in [2.75, 3.05) is 77.7 Å². The number of carboxylic acid groups (broad SMARTS) is 1. The Kier molecular flexibility index (Phi) is 18.0. The average Bonchev–Trinajstić information content (AvgIpc) is 3.98. The third-order valence-corrected chi connectivity index (χ3v) is 12.0. The number of aliphatic hydroxyl groups excluding tert-OH is 1. The summed E-state index contributed by atoms with van der Waals surface area (Å²) in [6.45, 7) is 8.94. The van der Waals surface area contributed by atoms with Crippen molar-refractivity contribution in [3.63, 3.8) is 0 Å². The number of halogens is 1. The largest absolute Gasteiger partial charge is 0.487 e. The molecule has 1 saturated heterocycles. The maximum atomic E-state index is 15.6. The van der Waals surface area contributed by atoms with Crippen LogP contribution in [0.4, 0.5) is 9.52 Å². The molecule has 1 aromatic heterocycles. The number of nitrogens with one attached hydrogen (secondary N) is 4. The van der Waals surface area contributed by atoms with Gasteiger partial charge in [0, 0.05) is 61.3 Å². The van der Waals surface area contributed by atoms with Gasteiger partial charge in [0.1, 0.15) is 37.4 Å². The summed E-state index contributed by atoms with van der Waals surface area (Å²) in [5.74, 6) is -2.17. The SMILES string of the molecule is CC(C)(C)[C@H](NC(=O)COCCOCC(=O)NCCOCCOc1cc2c(cc1Oc1ccc(-c3ccc(C(=O)O)cc3)c(F)c1)[C@@](C)(CC(=O)Nc1nccs1)NCC2)C(=O)N1CC[C@@H](O)C1. The van der Waals surface area contributed by atoms with Crippen LogP contribution in [-0.2, 0) is 45.3 Å². The van der Waals surface area contributed by atoms with E-state index in [2.05, 4.69) is 26.3 Å². The molecule has 3 aromatic carbocycles. The van der Waals surface area contributed by atoms with Crippen molar-refractivity contribution in [2.45, 2.75) is 64.6 Å². The topological polar surface area (TPSA) is 236 Å². The monoisotopic (exact) mass is 962 g/mol. The van der Waals surface area contributed by atoms with E-state index in [4.69, 9.17) is 23.7 Å². The highest BCUT2D eigenvalue weighted by Gasteiger charge is 2.38. The zero-order chi connectivity index (χ0) is 48.8. The maximum absolute atomic E-state index is 15.6. The lowest BCUT2D eigenvalue weighted by Gasteiger charge is -2.37. The second-order valence-electron chi connectivity index (χ2n) is 17.7. The minimum Gasteiger partial charge on any atom is -0.487 e. The highest BCUT2D eigenvalue weighted by Crippen LogP contribution is 2.42. The van der Waals surface area contributed by atoms with Crippen LogP contribution in [0.1, 0.15) is 62.0 Å². The molecular formula is C48H59FN6O12S. The highest BCUT2D eigenvalue weighted by molar-refractivity contribution is 7.13. The molecule has 0 bridgehead atoms. The number of hydrogen-bond donors (Lipinski definition) is 6. The third kappa shape index (κ3) is 14.5. The van der Waals surface area contributed by atoms with Crippen molar-refractivity contribution in [1.29, 1.82) is 0 Å². The van der Waals surface area contributed by atoms with E-state index >= 15 is 4.39 Å². The molecule has 0 radical (unpaired) electrons. The second kappa shape index (κ2) is 23.8. The number of likely N-dealkylation sites (tertiary alicyclic amines) is 1. The predicted molar refractivity (Wildman–Crippen MR) is 249 cm³/mol. The van der Waals surface area contributed by atoms with Crippen LogP contribution < -0.4 is 30.7 Å². The number of ether oxygens (including phenoxy) is 5. The van der Waals surface area contributed by atoms with Crippen LogP contribution in [0.25, 0.3) is 11.1 Å². The molecule has 0 spiro atoms. The molecule has 18 nitrogen and oxygen atoms in total. The summed E-state index contributed by atoms with van der Waals surface area (Å²) in [5.41, 5.74) is 1.21. The molecule has 4 aromatic rings. The lowest BCUT2D eigenvalue weighted by Crippen LogP contribution is -2.55. The van der Waals surface area contributed by atoms with E-state index in [-0.39, 0.29) is 106 Å². The number of aromatic nitrogens is 1.